The van der Waals surface area contributed by atoms with E-state index in [1.165, 1.54) is 11.8 Å². The smallest absolute Gasteiger partial charge is 0.233 e. The Morgan fingerprint density at radius 3 is 2.71 bits per heavy atom. The van der Waals surface area contributed by atoms with Gasteiger partial charge in [-0.1, -0.05) is 52.0 Å². The van der Waals surface area contributed by atoms with Crippen LogP contribution < -0.4 is 4.74 Å². The van der Waals surface area contributed by atoms with Crippen molar-refractivity contribution >= 4 is 33.6 Å². The fourth-order valence-electron chi connectivity index (χ4n) is 2.52. The number of hydrogen-bond acceptors (Lipinski definition) is 6. The zero-order valence-electron chi connectivity index (χ0n) is 15.6. The van der Waals surface area contributed by atoms with Gasteiger partial charge in [-0.25, -0.2) is 0 Å². The Balaban J connectivity index is 1.65. The van der Waals surface area contributed by atoms with Crippen molar-refractivity contribution in [3.8, 4) is 11.4 Å². The van der Waals surface area contributed by atoms with E-state index in [0.29, 0.717) is 24.1 Å². The lowest BCUT2D eigenvalue weighted by Gasteiger charge is -2.17. The number of nitrogens with zero attached hydrogens (tertiary/aromatic N) is 5. The topological polar surface area (TPSA) is 73.1 Å². The Morgan fingerprint density at radius 2 is 1.96 bits per heavy atom. The van der Waals surface area contributed by atoms with Crippen LogP contribution in [0.15, 0.2) is 58.2 Å². The van der Waals surface area contributed by atoms with E-state index in [1.54, 1.807) is 16.6 Å². The van der Waals surface area contributed by atoms with E-state index in [2.05, 4.69) is 31.5 Å². The van der Waals surface area contributed by atoms with Gasteiger partial charge >= 0.3 is 0 Å². The number of amides is 1. The minimum absolute atomic E-state index is 0.000520. The lowest BCUT2D eigenvalue weighted by atomic mass is 10.2. The van der Waals surface area contributed by atoms with Gasteiger partial charge in [0.25, 0.3) is 0 Å². The summed E-state index contributed by atoms with van der Waals surface area (Å²) in [6.45, 7) is 3.01. The molecule has 0 aliphatic carbocycles. The molecule has 2 aromatic carbocycles. The van der Waals surface area contributed by atoms with Crippen LogP contribution in [0.3, 0.4) is 0 Å². The lowest BCUT2D eigenvalue weighted by molar-refractivity contribution is -0.127. The van der Waals surface area contributed by atoms with E-state index in [-0.39, 0.29) is 11.7 Å². The van der Waals surface area contributed by atoms with Crippen molar-refractivity contribution in [1.82, 2.24) is 25.1 Å². The number of hydrogen-bond donors (Lipinski definition) is 0. The zero-order chi connectivity index (χ0) is 19.9. The number of rotatable bonds is 8. The second-order valence-corrected chi connectivity index (χ2v) is 7.80. The molecule has 0 unspecified atom stereocenters. The van der Waals surface area contributed by atoms with Crippen LogP contribution in [0.1, 0.15) is 12.5 Å². The SMILES string of the molecule is CCOc1ccccc1-n1nnnc1SCC(=O)N(C)Cc1ccc(Br)cc1. The molecule has 0 atom stereocenters. The van der Waals surface area contributed by atoms with Crippen LogP contribution in [0.2, 0.25) is 0 Å². The first-order valence-electron chi connectivity index (χ1n) is 8.70. The van der Waals surface area contributed by atoms with Crippen molar-refractivity contribution < 1.29 is 9.53 Å². The molecular formula is C19H20BrN5O2S. The van der Waals surface area contributed by atoms with E-state index in [1.807, 2.05) is 55.5 Å². The first kappa shape index (κ1) is 20.3. The fraction of sp³-hybridized carbons (Fsp3) is 0.263. The molecular weight excluding hydrogens is 442 g/mol. The summed E-state index contributed by atoms with van der Waals surface area (Å²) in [5, 5.41) is 12.4. The summed E-state index contributed by atoms with van der Waals surface area (Å²) in [6.07, 6.45) is 0. The van der Waals surface area contributed by atoms with Gasteiger partial charge in [0.2, 0.25) is 11.1 Å². The maximum atomic E-state index is 12.5. The van der Waals surface area contributed by atoms with Crippen LogP contribution in [-0.2, 0) is 11.3 Å². The summed E-state index contributed by atoms with van der Waals surface area (Å²) < 4.78 is 8.26. The highest BCUT2D eigenvalue weighted by Gasteiger charge is 2.16. The van der Waals surface area contributed by atoms with Crippen LogP contribution in [0.25, 0.3) is 5.69 Å². The molecule has 0 spiro atoms. The van der Waals surface area contributed by atoms with Crippen molar-refractivity contribution in [3.05, 3.63) is 58.6 Å². The monoisotopic (exact) mass is 461 g/mol. The van der Waals surface area contributed by atoms with E-state index in [4.69, 9.17) is 4.74 Å². The molecule has 0 aliphatic heterocycles. The Bertz CT molecular complexity index is 932. The molecule has 0 saturated carbocycles. The Morgan fingerprint density at radius 1 is 1.21 bits per heavy atom. The number of ether oxygens (including phenoxy) is 1. The van der Waals surface area contributed by atoms with Crippen molar-refractivity contribution in [2.75, 3.05) is 19.4 Å². The van der Waals surface area contributed by atoms with Crippen LogP contribution in [-0.4, -0.2) is 50.4 Å². The minimum atomic E-state index is 0.000520. The van der Waals surface area contributed by atoms with E-state index < -0.39 is 0 Å². The van der Waals surface area contributed by atoms with Gasteiger partial charge in [0.05, 0.1) is 12.4 Å². The number of carbonyl (C=O) groups is 1. The predicted octanol–water partition coefficient (Wildman–Crippen LogP) is 3.57. The standard InChI is InChI=1S/C19H20BrN5O2S/c1-3-27-17-7-5-4-6-16(17)25-19(21-22-23-25)28-13-18(26)24(2)12-14-8-10-15(20)11-9-14/h4-11H,3,12-13H2,1-2H3. The van der Waals surface area contributed by atoms with Crippen molar-refractivity contribution in [1.29, 1.82) is 0 Å². The largest absolute Gasteiger partial charge is 0.492 e. The molecule has 0 saturated heterocycles. The molecule has 1 heterocycles. The molecule has 0 bridgehead atoms. The maximum Gasteiger partial charge on any atom is 0.233 e. The first-order valence-corrected chi connectivity index (χ1v) is 10.5. The van der Waals surface area contributed by atoms with E-state index in [0.717, 1.165) is 15.7 Å². The van der Waals surface area contributed by atoms with Crippen LogP contribution in [0.5, 0.6) is 5.75 Å². The second-order valence-electron chi connectivity index (χ2n) is 5.94. The lowest BCUT2D eigenvalue weighted by Crippen LogP contribution is -2.27. The summed E-state index contributed by atoms with van der Waals surface area (Å²) in [6, 6.07) is 15.5. The Hall–Kier alpha value is -2.39. The number of para-hydroxylation sites is 2. The van der Waals surface area contributed by atoms with Gasteiger partial charge in [0.15, 0.2) is 0 Å². The second kappa shape index (κ2) is 9.70. The summed E-state index contributed by atoms with van der Waals surface area (Å²) in [5.41, 5.74) is 1.81. The highest BCUT2D eigenvalue weighted by Crippen LogP contribution is 2.26. The van der Waals surface area contributed by atoms with E-state index in [9.17, 15) is 4.79 Å². The number of benzene rings is 2. The summed E-state index contributed by atoms with van der Waals surface area (Å²) in [7, 11) is 1.79. The van der Waals surface area contributed by atoms with Crippen molar-refractivity contribution in [2.24, 2.45) is 0 Å². The molecule has 7 nitrogen and oxygen atoms in total. The first-order chi connectivity index (χ1) is 13.6. The third-order valence-corrected chi connectivity index (χ3v) is 5.35. The van der Waals surface area contributed by atoms with Crippen molar-refractivity contribution in [2.45, 2.75) is 18.6 Å². The van der Waals surface area contributed by atoms with Gasteiger partial charge in [-0.2, -0.15) is 4.68 Å². The molecule has 0 aliphatic rings. The minimum Gasteiger partial charge on any atom is -0.492 e. The normalized spacial score (nSPS) is 10.7. The fourth-order valence-corrected chi connectivity index (χ4v) is 3.61. The average Bonchev–Trinajstić information content (AvgIpc) is 3.17. The third kappa shape index (κ3) is 5.11. The highest BCUT2D eigenvalue weighted by atomic mass is 79.9. The zero-order valence-corrected chi connectivity index (χ0v) is 18.0. The number of tetrazole rings is 1. The van der Waals surface area contributed by atoms with Gasteiger partial charge in [-0.15, -0.1) is 5.10 Å². The molecule has 9 heteroatoms. The van der Waals surface area contributed by atoms with Gasteiger partial charge < -0.3 is 9.64 Å². The molecule has 3 aromatic rings. The number of carbonyl (C=O) groups excluding carboxylic acids is 1. The van der Waals surface area contributed by atoms with Crippen LogP contribution >= 0.6 is 27.7 Å². The molecule has 3 rings (SSSR count). The van der Waals surface area contributed by atoms with Crippen LogP contribution in [0.4, 0.5) is 0 Å². The van der Waals surface area contributed by atoms with Crippen molar-refractivity contribution in [3.63, 3.8) is 0 Å². The Kier molecular flexibility index (Phi) is 7.05. The molecule has 0 fully saturated rings. The molecule has 1 amide bonds. The summed E-state index contributed by atoms with van der Waals surface area (Å²) >= 11 is 4.71. The molecule has 28 heavy (non-hydrogen) atoms. The molecule has 1 aromatic heterocycles. The summed E-state index contributed by atoms with van der Waals surface area (Å²) in [4.78, 5) is 14.2. The number of thioether (sulfide) groups is 1. The number of halogens is 1. The van der Waals surface area contributed by atoms with Gasteiger partial charge in [0, 0.05) is 18.1 Å². The molecule has 0 radical (unpaired) electrons. The highest BCUT2D eigenvalue weighted by molar-refractivity contribution is 9.10. The van der Waals surface area contributed by atoms with Gasteiger partial charge in [0.1, 0.15) is 11.4 Å². The van der Waals surface area contributed by atoms with Crippen LogP contribution in [0, 0.1) is 0 Å². The maximum absolute atomic E-state index is 12.5. The molecule has 0 N–H and O–H groups in total. The predicted molar refractivity (Wildman–Crippen MR) is 112 cm³/mol. The molecule has 146 valence electrons. The van der Waals surface area contributed by atoms with Gasteiger partial charge in [-0.3, -0.25) is 4.79 Å². The Labute approximate surface area is 176 Å². The quantitative estimate of drug-likeness (QED) is 0.477. The average molecular weight is 462 g/mol. The number of aromatic nitrogens is 4. The van der Waals surface area contributed by atoms with Gasteiger partial charge in [-0.05, 0) is 47.2 Å². The van der Waals surface area contributed by atoms with E-state index >= 15 is 0 Å². The summed E-state index contributed by atoms with van der Waals surface area (Å²) in [5.74, 6) is 0.933. The third-order valence-electron chi connectivity index (χ3n) is 3.92.